The first-order chi connectivity index (χ1) is 15.0. The average molecular weight is 420 g/mol. The van der Waals surface area contributed by atoms with E-state index in [1.807, 2.05) is 0 Å². The Balaban J connectivity index is 1.21. The van der Waals surface area contributed by atoms with Gasteiger partial charge in [0.2, 0.25) is 5.91 Å². The highest BCUT2D eigenvalue weighted by Gasteiger charge is 2.35. The third-order valence-electron chi connectivity index (χ3n) is 5.87. The third kappa shape index (κ3) is 4.47. The number of nitrogens with zero attached hydrogens (tertiary/aromatic N) is 3. The number of fused-ring (bicyclic) bond motifs is 1. The van der Waals surface area contributed by atoms with Gasteiger partial charge in [0.05, 0.1) is 16.7 Å². The number of carbonyl (C=O) groups excluding carboxylic acids is 4. The lowest BCUT2D eigenvalue weighted by Crippen LogP contribution is -2.43. The van der Waals surface area contributed by atoms with E-state index in [0.29, 0.717) is 42.2 Å². The Morgan fingerprint density at radius 2 is 1.68 bits per heavy atom. The summed E-state index contributed by atoms with van der Waals surface area (Å²) in [6.07, 6.45) is 4.87. The van der Waals surface area contributed by atoms with Crippen molar-refractivity contribution in [3.05, 3.63) is 65.5 Å². The molecule has 1 fully saturated rings. The number of hydrogen-bond donors (Lipinski definition) is 1. The van der Waals surface area contributed by atoms with Gasteiger partial charge in [-0.15, -0.1) is 0 Å². The van der Waals surface area contributed by atoms with Crippen LogP contribution in [-0.2, 0) is 4.79 Å². The zero-order chi connectivity index (χ0) is 21.8. The minimum atomic E-state index is -0.337. The van der Waals surface area contributed by atoms with E-state index in [-0.39, 0.29) is 36.6 Å². The number of benzene rings is 1. The number of rotatable bonds is 6. The van der Waals surface area contributed by atoms with Crippen molar-refractivity contribution in [2.24, 2.45) is 5.92 Å². The number of nitrogens with one attached hydrogen (secondary N) is 1. The van der Waals surface area contributed by atoms with Gasteiger partial charge < -0.3 is 10.2 Å². The van der Waals surface area contributed by atoms with Gasteiger partial charge in [0.1, 0.15) is 0 Å². The van der Waals surface area contributed by atoms with E-state index in [1.54, 1.807) is 47.5 Å². The summed E-state index contributed by atoms with van der Waals surface area (Å²) >= 11 is 0. The number of likely N-dealkylation sites (tertiary alicyclic amines) is 1. The largest absolute Gasteiger partial charge is 0.352 e. The molecule has 0 spiro atoms. The number of piperidine rings is 1. The van der Waals surface area contributed by atoms with Gasteiger partial charge in [-0.3, -0.25) is 29.1 Å². The van der Waals surface area contributed by atoms with Crippen LogP contribution in [0.3, 0.4) is 0 Å². The van der Waals surface area contributed by atoms with Gasteiger partial charge >= 0.3 is 0 Å². The lowest BCUT2D eigenvalue weighted by molar-refractivity contribution is -0.132. The van der Waals surface area contributed by atoms with Crippen LogP contribution in [0.4, 0.5) is 0 Å². The zero-order valence-corrected chi connectivity index (χ0v) is 17.1. The standard InChI is InChI=1S/C23H24N4O4/c28-20(9-13-27-22(30)18-5-1-2-6-19(18)23(27)31)26-11-7-16(8-12-26)14-25-21(29)17-4-3-10-24-15-17/h1-6,10,15-16H,7-9,11-14H2,(H,25,29). The SMILES string of the molecule is O=C(NCC1CCN(C(=O)CCN2C(=O)c3ccccc3C2=O)CC1)c1cccnc1. The van der Waals surface area contributed by atoms with Crippen LogP contribution in [0.25, 0.3) is 0 Å². The average Bonchev–Trinajstić information content (AvgIpc) is 3.06. The molecule has 8 heteroatoms. The van der Waals surface area contributed by atoms with Crippen LogP contribution < -0.4 is 5.32 Å². The van der Waals surface area contributed by atoms with Crippen molar-refractivity contribution in [3.63, 3.8) is 0 Å². The van der Waals surface area contributed by atoms with Crippen molar-refractivity contribution in [2.75, 3.05) is 26.2 Å². The molecule has 4 amide bonds. The first kappa shape index (κ1) is 20.7. The summed E-state index contributed by atoms with van der Waals surface area (Å²) in [4.78, 5) is 56.4. The number of carbonyl (C=O) groups is 4. The molecule has 1 saturated heterocycles. The second-order valence-electron chi connectivity index (χ2n) is 7.83. The van der Waals surface area contributed by atoms with Crippen LogP contribution in [0, 0.1) is 5.92 Å². The lowest BCUT2D eigenvalue weighted by Gasteiger charge is -2.32. The molecule has 0 radical (unpaired) electrons. The summed E-state index contributed by atoms with van der Waals surface area (Å²) in [5.74, 6) is -0.573. The van der Waals surface area contributed by atoms with Crippen LogP contribution in [0.5, 0.6) is 0 Å². The molecule has 0 unspecified atom stereocenters. The quantitative estimate of drug-likeness (QED) is 0.718. The molecule has 0 bridgehead atoms. The smallest absolute Gasteiger partial charge is 0.261 e. The molecule has 1 aromatic heterocycles. The fourth-order valence-corrected chi connectivity index (χ4v) is 4.03. The highest BCUT2D eigenvalue weighted by molar-refractivity contribution is 6.21. The molecule has 2 aromatic rings. The number of amides is 4. The third-order valence-corrected chi connectivity index (χ3v) is 5.87. The summed E-state index contributed by atoms with van der Waals surface area (Å²) in [5.41, 5.74) is 1.33. The Labute approximate surface area is 180 Å². The van der Waals surface area contributed by atoms with Gasteiger partial charge in [0, 0.05) is 45.0 Å². The van der Waals surface area contributed by atoms with Crippen molar-refractivity contribution in [1.29, 1.82) is 0 Å². The molecule has 1 aromatic carbocycles. The fourth-order valence-electron chi connectivity index (χ4n) is 4.03. The highest BCUT2D eigenvalue weighted by Crippen LogP contribution is 2.23. The van der Waals surface area contributed by atoms with Crippen LogP contribution in [0.15, 0.2) is 48.8 Å². The summed E-state index contributed by atoms with van der Waals surface area (Å²) in [7, 11) is 0. The van der Waals surface area contributed by atoms with E-state index in [1.165, 1.54) is 6.20 Å². The molecule has 0 saturated carbocycles. The summed E-state index contributed by atoms with van der Waals surface area (Å²) in [5, 5.41) is 2.93. The monoisotopic (exact) mass is 420 g/mol. The van der Waals surface area contributed by atoms with Crippen LogP contribution in [-0.4, -0.2) is 64.6 Å². The van der Waals surface area contributed by atoms with Crippen molar-refractivity contribution in [1.82, 2.24) is 20.1 Å². The molecule has 0 aliphatic carbocycles. The first-order valence-electron chi connectivity index (χ1n) is 10.5. The molecule has 1 N–H and O–H groups in total. The topological polar surface area (TPSA) is 99.7 Å². The molecular weight excluding hydrogens is 396 g/mol. The van der Waals surface area contributed by atoms with Crippen molar-refractivity contribution in [3.8, 4) is 0 Å². The number of imide groups is 1. The van der Waals surface area contributed by atoms with Crippen LogP contribution in [0.2, 0.25) is 0 Å². The molecule has 2 aliphatic rings. The maximum Gasteiger partial charge on any atom is 0.261 e. The highest BCUT2D eigenvalue weighted by atomic mass is 16.2. The summed E-state index contributed by atoms with van der Waals surface area (Å²) in [6, 6.07) is 10.2. The maximum atomic E-state index is 12.6. The van der Waals surface area contributed by atoms with Gasteiger partial charge in [-0.05, 0) is 43.0 Å². The van der Waals surface area contributed by atoms with E-state index in [4.69, 9.17) is 0 Å². The van der Waals surface area contributed by atoms with Gasteiger partial charge in [-0.1, -0.05) is 12.1 Å². The van der Waals surface area contributed by atoms with Crippen LogP contribution in [0.1, 0.15) is 50.3 Å². The van der Waals surface area contributed by atoms with Gasteiger partial charge in [0.25, 0.3) is 17.7 Å². The fraction of sp³-hybridized carbons (Fsp3) is 0.348. The Bertz CT molecular complexity index is 965. The minimum absolute atomic E-state index is 0.0607. The van der Waals surface area contributed by atoms with Crippen LogP contribution >= 0.6 is 0 Å². The van der Waals surface area contributed by atoms with E-state index < -0.39 is 0 Å². The normalized spacial score (nSPS) is 16.4. The molecule has 0 atom stereocenters. The van der Waals surface area contributed by atoms with E-state index in [2.05, 4.69) is 10.3 Å². The predicted molar refractivity (Wildman–Crippen MR) is 112 cm³/mol. The summed E-state index contributed by atoms with van der Waals surface area (Å²) < 4.78 is 0. The molecule has 3 heterocycles. The number of hydrogen-bond acceptors (Lipinski definition) is 5. The second kappa shape index (κ2) is 9.07. The Kier molecular flexibility index (Phi) is 6.06. The molecule has 2 aliphatic heterocycles. The molecule has 31 heavy (non-hydrogen) atoms. The van der Waals surface area contributed by atoms with Gasteiger partial charge in [0.15, 0.2) is 0 Å². The Morgan fingerprint density at radius 1 is 1.00 bits per heavy atom. The Morgan fingerprint density at radius 3 is 2.29 bits per heavy atom. The second-order valence-corrected chi connectivity index (χ2v) is 7.83. The van der Waals surface area contributed by atoms with Crippen molar-refractivity contribution < 1.29 is 19.2 Å². The zero-order valence-electron chi connectivity index (χ0n) is 17.1. The molecule has 160 valence electrons. The molecular formula is C23H24N4O4. The molecule has 4 rings (SSSR count). The maximum absolute atomic E-state index is 12.6. The minimum Gasteiger partial charge on any atom is -0.352 e. The van der Waals surface area contributed by atoms with Gasteiger partial charge in [-0.2, -0.15) is 0 Å². The summed E-state index contributed by atoms with van der Waals surface area (Å²) in [6.45, 7) is 1.86. The number of aromatic nitrogens is 1. The van der Waals surface area contributed by atoms with Gasteiger partial charge in [-0.25, -0.2) is 0 Å². The first-order valence-corrected chi connectivity index (χ1v) is 10.5. The van der Waals surface area contributed by atoms with E-state index in [0.717, 1.165) is 17.7 Å². The predicted octanol–water partition coefficient (Wildman–Crippen LogP) is 1.74. The lowest BCUT2D eigenvalue weighted by atomic mass is 9.96. The van der Waals surface area contributed by atoms with Crippen molar-refractivity contribution in [2.45, 2.75) is 19.3 Å². The van der Waals surface area contributed by atoms with Crippen molar-refractivity contribution >= 4 is 23.6 Å². The number of pyridine rings is 1. The Hall–Kier alpha value is -3.55. The van der Waals surface area contributed by atoms with E-state index >= 15 is 0 Å². The molecule has 8 nitrogen and oxygen atoms in total. The van der Waals surface area contributed by atoms with E-state index in [9.17, 15) is 19.2 Å².